The minimum absolute atomic E-state index is 0.0161. The Bertz CT molecular complexity index is 1300. The molecule has 1 saturated carbocycles. The Morgan fingerprint density at radius 1 is 1.30 bits per heavy atom. The molecular weight excluding hydrogens is 474 g/mol. The van der Waals surface area contributed by atoms with Crippen LogP contribution in [0.1, 0.15) is 36.0 Å². The first-order chi connectivity index (χ1) is 17.7. The molecule has 5 atom stereocenters. The average molecular weight is 506 g/mol. The van der Waals surface area contributed by atoms with E-state index in [1.165, 1.54) is 12.1 Å². The lowest BCUT2D eigenvalue weighted by molar-refractivity contribution is -0.384. The van der Waals surface area contributed by atoms with Gasteiger partial charge in [-0.25, -0.2) is 0 Å². The number of benzene rings is 2. The normalized spacial score (nSPS) is 31.2. The van der Waals surface area contributed by atoms with Crippen molar-refractivity contribution < 1.29 is 24.7 Å². The number of carbonyl (C=O) groups excluding carboxylic acids is 1. The van der Waals surface area contributed by atoms with Crippen molar-refractivity contribution >= 4 is 11.6 Å². The zero-order valence-corrected chi connectivity index (χ0v) is 20.8. The molecule has 1 spiro atoms. The van der Waals surface area contributed by atoms with Crippen molar-refractivity contribution in [2.24, 2.45) is 0 Å². The second-order valence-corrected chi connectivity index (χ2v) is 10.8. The summed E-state index contributed by atoms with van der Waals surface area (Å²) >= 11 is 0. The van der Waals surface area contributed by atoms with Crippen LogP contribution in [0.3, 0.4) is 0 Å². The predicted octanol–water partition coefficient (Wildman–Crippen LogP) is 2.71. The second-order valence-electron chi connectivity index (χ2n) is 10.8. The van der Waals surface area contributed by atoms with Gasteiger partial charge in [-0.2, -0.15) is 0 Å². The molecule has 2 heterocycles. The number of phenols is 1. The summed E-state index contributed by atoms with van der Waals surface area (Å²) in [7, 11) is 1.76. The molecule has 2 aromatic rings. The minimum atomic E-state index is -1.05. The molecule has 2 aromatic carbocycles. The molecule has 2 N–H and O–H groups in total. The number of rotatable bonds is 6. The number of hydrogen-bond acceptors (Lipinski definition) is 7. The first kappa shape index (κ1) is 23.9. The van der Waals surface area contributed by atoms with Gasteiger partial charge in [-0.05, 0) is 49.4 Å². The van der Waals surface area contributed by atoms with E-state index in [0.717, 1.165) is 17.7 Å². The van der Waals surface area contributed by atoms with Gasteiger partial charge in [0.05, 0.1) is 28.4 Å². The summed E-state index contributed by atoms with van der Waals surface area (Å²) in [5.74, 6) is 0.385. The Morgan fingerprint density at radius 3 is 2.76 bits per heavy atom. The standard InChI is InChI=1S/C28H31N3O6/c1-3-13-30-14-12-27-24-18-6-9-21(32)25(24)37-26(27)20(10-11-28(27,34)22(30)16-18)29(2)23(33)15-17-4-7-19(8-5-17)31(35)36/h3-9,20,22,26,32,34H,1,10-16H2,2H3/t20?,22-,26?,27+,28-/m1/s1. The number of amides is 1. The molecule has 2 aliphatic carbocycles. The predicted molar refractivity (Wildman–Crippen MR) is 136 cm³/mol. The number of likely N-dealkylation sites (tertiary alicyclic amines) is 1. The lowest BCUT2D eigenvalue weighted by Gasteiger charge is -2.64. The molecule has 6 rings (SSSR count). The van der Waals surface area contributed by atoms with Gasteiger partial charge in [-0.1, -0.05) is 24.3 Å². The van der Waals surface area contributed by atoms with Gasteiger partial charge in [0.2, 0.25) is 5.91 Å². The fraction of sp³-hybridized carbons (Fsp3) is 0.464. The van der Waals surface area contributed by atoms with Crippen LogP contribution in [0.15, 0.2) is 49.1 Å². The van der Waals surface area contributed by atoms with Crippen LogP contribution in [-0.2, 0) is 23.1 Å². The number of aliphatic hydroxyl groups is 1. The van der Waals surface area contributed by atoms with Gasteiger partial charge < -0.3 is 19.8 Å². The Labute approximate surface area is 215 Å². The van der Waals surface area contributed by atoms with E-state index in [-0.39, 0.29) is 35.8 Å². The quantitative estimate of drug-likeness (QED) is 0.352. The molecule has 1 amide bonds. The third-order valence-corrected chi connectivity index (χ3v) is 9.30. The molecule has 9 nitrogen and oxygen atoms in total. The van der Waals surface area contributed by atoms with Crippen molar-refractivity contribution in [3.63, 3.8) is 0 Å². The van der Waals surface area contributed by atoms with Crippen LogP contribution in [0.2, 0.25) is 0 Å². The van der Waals surface area contributed by atoms with Gasteiger partial charge in [0.25, 0.3) is 5.69 Å². The van der Waals surface area contributed by atoms with E-state index in [9.17, 15) is 25.1 Å². The molecule has 2 bridgehead atoms. The molecule has 37 heavy (non-hydrogen) atoms. The molecule has 1 saturated heterocycles. The number of likely N-dealkylation sites (N-methyl/N-ethyl adjacent to an activating group) is 1. The van der Waals surface area contributed by atoms with Crippen LogP contribution in [0.5, 0.6) is 11.5 Å². The van der Waals surface area contributed by atoms with Crippen molar-refractivity contribution in [1.82, 2.24) is 9.80 Å². The van der Waals surface area contributed by atoms with E-state index in [1.54, 1.807) is 30.1 Å². The number of carbonyl (C=O) groups is 1. The molecule has 0 aromatic heterocycles. The van der Waals surface area contributed by atoms with Gasteiger partial charge in [-0.3, -0.25) is 19.8 Å². The van der Waals surface area contributed by atoms with E-state index in [2.05, 4.69) is 11.5 Å². The van der Waals surface area contributed by atoms with Crippen molar-refractivity contribution in [2.45, 2.75) is 61.3 Å². The van der Waals surface area contributed by atoms with Crippen LogP contribution in [0.4, 0.5) is 5.69 Å². The van der Waals surface area contributed by atoms with Crippen molar-refractivity contribution in [3.05, 3.63) is 75.9 Å². The number of aromatic hydroxyl groups is 1. The Hall–Kier alpha value is -3.43. The smallest absolute Gasteiger partial charge is 0.269 e. The number of piperidine rings is 1. The summed E-state index contributed by atoms with van der Waals surface area (Å²) in [6.07, 6.45) is 3.89. The van der Waals surface area contributed by atoms with Gasteiger partial charge in [0.1, 0.15) is 6.10 Å². The van der Waals surface area contributed by atoms with Gasteiger partial charge >= 0.3 is 0 Å². The van der Waals surface area contributed by atoms with Crippen molar-refractivity contribution in [1.29, 1.82) is 0 Å². The number of phenolic OH excluding ortho intramolecular Hbond substituents is 1. The highest BCUT2D eigenvalue weighted by Crippen LogP contribution is 2.65. The van der Waals surface area contributed by atoms with E-state index in [4.69, 9.17) is 4.74 Å². The highest BCUT2D eigenvalue weighted by molar-refractivity contribution is 5.79. The van der Waals surface area contributed by atoms with Gasteiger partial charge in [0, 0.05) is 37.3 Å². The fourth-order valence-corrected chi connectivity index (χ4v) is 7.61. The summed E-state index contributed by atoms with van der Waals surface area (Å²) in [6, 6.07) is 9.23. The number of hydrogen-bond donors (Lipinski definition) is 2. The third kappa shape index (κ3) is 3.20. The molecule has 0 radical (unpaired) electrons. The molecule has 4 aliphatic rings. The number of nitro groups is 1. The first-order valence-corrected chi connectivity index (χ1v) is 12.8. The molecule has 2 unspecified atom stereocenters. The van der Waals surface area contributed by atoms with E-state index < -0.39 is 22.0 Å². The Balaban J connectivity index is 1.35. The number of non-ortho nitro benzene ring substituents is 1. The maximum atomic E-state index is 13.4. The molecular formula is C28H31N3O6. The third-order valence-electron chi connectivity index (χ3n) is 9.30. The van der Waals surface area contributed by atoms with E-state index in [1.807, 2.05) is 12.1 Å². The van der Waals surface area contributed by atoms with E-state index >= 15 is 0 Å². The molecule has 2 fully saturated rings. The maximum Gasteiger partial charge on any atom is 0.269 e. The lowest BCUT2D eigenvalue weighted by Crippen LogP contribution is -2.78. The number of nitrogens with zero attached hydrogens (tertiary/aromatic N) is 3. The molecule has 2 aliphatic heterocycles. The van der Waals surface area contributed by atoms with Crippen molar-refractivity contribution in [3.8, 4) is 11.5 Å². The second kappa shape index (κ2) is 8.29. The molecule has 194 valence electrons. The zero-order valence-electron chi connectivity index (χ0n) is 20.8. The SMILES string of the molecule is C=CCN1CC[C@]23c4c5ccc(O)c4OC2C(N(C)C(=O)Cc2ccc([N+](=O)[O-])cc2)CC[C@@]3(O)[C@H]1C5. The lowest BCUT2D eigenvalue weighted by atomic mass is 9.48. The van der Waals surface area contributed by atoms with Crippen LogP contribution in [0.25, 0.3) is 0 Å². The summed E-state index contributed by atoms with van der Waals surface area (Å²) in [4.78, 5) is 27.9. The summed E-state index contributed by atoms with van der Waals surface area (Å²) in [5.41, 5.74) is 0.900. The van der Waals surface area contributed by atoms with E-state index in [0.29, 0.717) is 43.5 Å². The Kier molecular flexibility index (Phi) is 5.36. The number of ether oxygens (including phenoxy) is 1. The summed E-state index contributed by atoms with van der Waals surface area (Å²) < 4.78 is 6.53. The first-order valence-electron chi connectivity index (χ1n) is 12.8. The largest absolute Gasteiger partial charge is 0.504 e. The monoisotopic (exact) mass is 505 g/mol. The average Bonchev–Trinajstić information content (AvgIpc) is 3.23. The Morgan fingerprint density at radius 2 is 2.05 bits per heavy atom. The van der Waals surface area contributed by atoms with Crippen LogP contribution in [0, 0.1) is 10.1 Å². The van der Waals surface area contributed by atoms with Gasteiger partial charge in [-0.15, -0.1) is 6.58 Å². The molecule has 9 heteroatoms. The fourth-order valence-electron chi connectivity index (χ4n) is 7.61. The highest BCUT2D eigenvalue weighted by Gasteiger charge is 2.73. The van der Waals surface area contributed by atoms with Crippen molar-refractivity contribution in [2.75, 3.05) is 20.1 Å². The number of nitro benzene ring substituents is 1. The van der Waals surface area contributed by atoms with Crippen LogP contribution < -0.4 is 4.74 Å². The zero-order chi connectivity index (χ0) is 26.1. The van der Waals surface area contributed by atoms with Crippen LogP contribution in [-0.4, -0.2) is 74.8 Å². The summed E-state index contributed by atoms with van der Waals surface area (Å²) in [5, 5.41) is 34.2. The highest BCUT2D eigenvalue weighted by atomic mass is 16.6. The summed E-state index contributed by atoms with van der Waals surface area (Å²) in [6.45, 7) is 5.36. The topological polar surface area (TPSA) is 116 Å². The minimum Gasteiger partial charge on any atom is -0.504 e. The maximum absolute atomic E-state index is 13.4. The van der Waals surface area contributed by atoms with Gasteiger partial charge in [0.15, 0.2) is 11.5 Å². The van der Waals surface area contributed by atoms with Crippen LogP contribution >= 0.6 is 0 Å².